The number of carboxylic acids is 1. The SMILES string of the molecule is CC1=C(C(=O)OC2CCCCC2)C(c2ccccc2C(=O)O)n2nc(SCc3ccccc3F)nc2N1. The molecule has 2 aromatic carbocycles. The number of rotatable bonds is 7. The van der Waals surface area contributed by atoms with Gasteiger partial charge in [-0.25, -0.2) is 18.7 Å². The number of thioether (sulfide) groups is 1. The number of nitrogens with one attached hydrogen (secondary N) is 1. The molecule has 0 amide bonds. The molecule has 1 aromatic heterocycles. The second kappa shape index (κ2) is 10.8. The van der Waals surface area contributed by atoms with E-state index in [1.54, 1.807) is 43.3 Å². The van der Waals surface area contributed by atoms with Gasteiger partial charge in [0.25, 0.3) is 0 Å². The highest BCUT2D eigenvalue weighted by Gasteiger charge is 2.38. The predicted molar refractivity (Wildman–Crippen MR) is 137 cm³/mol. The monoisotopic (exact) mass is 522 g/mol. The van der Waals surface area contributed by atoms with Crippen molar-refractivity contribution in [1.29, 1.82) is 0 Å². The molecule has 10 heteroatoms. The van der Waals surface area contributed by atoms with E-state index in [1.807, 2.05) is 0 Å². The van der Waals surface area contributed by atoms with Gasteiger partial charge in [0.15, 0.2) is 0 Å². The first-order valence-corrected chi connectivity index (χ1v) is 13.2. The van der Waals surface area contributed by atoms with Crippen molar-refractivity contribution in [2.75, 3.05) is 5.32 Å². The maximum atomic E-state index is 14.1. The molecule has 3 aromatic rings. The van der Waals surface area contributed by atoms with Crippen molar-refractivity contribution in [1.82, 2.24) is 14.8 Å². The molecule has 0 radical (unpaired) electrons. The number of allylic oxidation sites excluding steroid dienone is 1. The summed E-state index contributed by atoms with van der Waals surface area (Å²) in [6.45, 7) is 1.75. The summed E-state index contributed by atoms with van der Waals surface area (Å²) in [6.07, 6.45) is 4.60. The Morgan fingerprint density at radius 3 is 2.62 bits per heavy atom. The molecule has 5 rings (SSSR count). The van der Waals surface area contributed by atoms with Crippen LogP contribution in [0.25, 0.3) is 0 Å². The van der Waals surface area contributed by atoms with Crippen LogP contribution in [-0.2, 0) is 15.3 Å². The Morgan fingerprint density at radius 2 is 1.86 bits per heavy atom. The summed E-state index contributed by atoms with van der Waals surface area (Å²) in [6, 6.07) is 12.2. The summed E-state index contributed by atoms with van der Waals surface area (Å²) >= 11 is 1.25. The van der Waals surface area contributed by atoms with Gasteiger partial charge in [0, 0.05) is 11.4 Å². The lowest BCUT2D eigenvalue weighted by Crippen LogP contribution is -2.32. The minimum atomic E-state index is -1.11. The van der Waals surface area contributed by atoms with Crippen LogP contribution in [0.15, 0.2) is 65.0 Å². The van der Waals surface area contributed by atoms with Gasteiger partial charge < -0.3 is 15.2 Å². The van der Waals surface area contributed by atoms with E-state index in [4.69, 9.17) is 4.74 Å². The molecule has 37 heavy (non-hydrogen) atoms. The molecule has 0 spiro atoms. The van der Waals surface area contributed by atoms with Crippen LogP contribution in [0.4, 0.5) is 10.3 Å². The summed E-state index contributed by atoms with van der Waals surface area (Å²) < 4.78 is 21.5. The Balaban J connectivity index is 1.52. The highest BCUT2D eigenvalue weighted by molar-refractivity contribution is 7.98. The smallest absolute Gasteiger partial charge is 0.338 e. The molecule has 192 valence electrons. The summed E-state index contributed by atoms with van der Waals surface area (Å²) in [5.41, 5.74) is 1.81. The summed E-state index contributed by atoms with van der Waals surface area (Å²) in [5.74, 6) is -1.23. The van der Waals surface area contributed by atoms with Crippen LogP contribution in [0, 0.1) is 5.82 Å². The zero-order valence-corrected chi connectivity index (χ0v) is 21.1. The Hall–Kier alpha value is -3.66. The van der Waals surface area contributed by atoms with E-state index in [-0.39, 0.29) is 17.5 Å². The van der Waals surface area contributed by atoms with Crippen molar-refractivity contribution >= 4 is 29.6 Å². The molecular weight excluding hydrogens is 495 g/mol. The quantitative estimate of drug-likeness (QED) is 0.306. The number of hydrogen-bond donors (Lipinski definition) is 2. The van der Waals surface area contributed by atoms with Crippen LogP contribution in [0.3, 0.4) is 0 Å². The number of carbonyl (C=O) groups excluding carboxylic acids is 1. The van der Waals surface area contributed by atoms with Crippen LogP contribution in [0.5, 0.6) is 0 Å². The van der Waals surface area contributed by atoms with E-state index < -0.39 is 18.0 Å². The Bertz CT molecular complexity index is 1370. The van der Waals surface area contributed by atoms with E-state index in [1.165, 1.54) is 28.6 Å². The van der Waals surface area contributed by atoms with Crippen molar-refractivity contribution in [3.05, 3.63) is 82.3 Å². The number of aromatic nitrogens is 3. The standard InChI is InChI=1S/C27H27FN4O4S/c1-16-22(25(35)36-18-10-3-2-4-11-18)23(19-12-6-7-13-20(19)24(33)34)32-26(29-16)30-27(31-32)37-15-17-9-5-8-14-21(17)28/h5-9,12-14,18,23H,2-4,10-11,15H2,1H3,(H,33,34)(H,29,30,31). The van der Waals surface area contributed by atoms with E-state index in [0.717, 1.165) is 32.1 Å². The van der Waals surface area contributed by atoms with Crippen molar-refractivity contribution < 1.29 is 23.8 Å². The van der Waals surface area contributed by atoms with Crippen LogP contribution in [0.2, 0.25) is 0 Å². The fourth-order valence-corrected chi connectivity index (χ4v) is 5.65. The number of fused-ring (bicyclic) bond motifs is 1. The lowest BCUT2D eigenvalue weighted by atomic mass is 9.91. The number of esters is 1. The molecule has 2 aliphatic rings. The van der Waals surface area contributed by atoms with E-state index in [0.29, 0.717) is 39.3 Å². The lowest BCUT2D eigenvalue weighted by molar-refractivity contribution is -0.146. The van der Waals surface area contributed by atoms with Gasteiger partial charge in [-0.2, -0.15) is 4.98 Å². The molecule has 2 N–H and O–H groups in total. The molecule has 1 unspecified atom stereocenters. The molecule has 2 heterocycles. The maximum Gasteiger partial charge on any atom is 0.338 e. The lowest BCUT2D eigenvalue weighted by Gasteiger charge is -2.30. The Kier molecular flexibility index (Phi) is 7.27. The van der Waals surface area contributed by atoms with Gasteiger partial charge in [-0.15, -0.1) is 5.10 Å². The number of anilines is 1. The van der Waals surface area contributed by atoms with E-state index in [9.17, 15) is 19.1 Å². The normalized spacial score (nSPS) is 17.7. The van der Waals surface area contributed by atoms with Crippen LogP contribution in [-0.4, -0.2) is 37.9 Å². The Morgan fingerprint density at radius 1 is 1.14 bits per heavy atom. The zero-order chi connectivity index (χ0) is 25.9. The van der Waals surface area contributed by atoms with Gasteiger partial charge in [-0.1, -0.05) is 54.6 Å². The fraction of sp³-hybridized carbons (Fsp3) is 0.333. The van der Waals surface area contributed by atoms with Crippen LogP contribution >= 0.6 is 11.8 Å². The first kappa shape index (κ1) is 25.0. The highest BCUT2D eigenvalue weighted by Crippen LogP contribution is 2.39. The molecule has 1 saturated carbocycles. The largest absolute Gasteiger partial charge is 0.478 e. The number of carboxylic acid groups (broad SMARTS) is 1. The fourth-order valence-electron chi connectivity index (χ4n) is 4.83. The number of benzene rings is 2. The first-order valence-electron chi connectivity index (χ1n) is 12.3. The maximum absolute atomic E-state index is 14.1. The minimum absolute atomic E-state index is 0.0622. The van der Waals surface area contributed by atoms with Gasteiger partial charge >= 0.3 is 11.9 Å². The van der Waals surface area contributed by atoms with Crippen molar-refractivity contribution in [3.63, 3.8) is 0 Å². The zero-order valence-electron chi connectivity index (χ0n) is 20.3. The van der Waals surface area contributed by atoms with Gasteiger partial charge in [-0.05, 0) is 55.9 Å². The average molecular weight is 523 g/mol. The van der Waals surface area contributed by atoms with E-state index >= 15 is 0 Å². The number of hydrogen-bond acceptors (Lipinski definition) is 7. The van der Waals surface area contributed by atoms with Gasteiger partial charge in [0.05, 0.1) is 11.1 Å². The van der Waals surface area contributed by atoms with Crippen molar-refractivity contribution in [3.8, 4) is 0 Å². The highest BCUT2D eigenvalue weighted by atomic mass is 32.2. The summed E-state index contributed by atoms with van der Waals surface area (Å²) in [7, 11) is 0. The average Bonchev–Trinajstić information content (AvgIpc) is 3.30. The number of nitrogens with zero attached hydrogens (tertiary/aromatic N) is 3. The number of aromatic carboxylic acids is 1. The topological polar surface area (TPSA) is 106 Å². The number of halogens is 1. The van der Waals surface area contributed by atoms with Crippen molar-refractivity contribution in [2.45, 2.75) is 62.1 Å². The third-order valence-corrected chi connectivity index (χ3v) is 7.57. The first-order chi connectivity index (χ1) is 17.9. The molecular formula is C27H27FN4O4S. The third-order valence-electron chi connectivity index (χ3n) is 6.68. The second-order valence-electron chi connectivity index (χ2n) is 9.17. The van der Waals surface area contributed by atoms with E-state index in [2.05, 4.69) is 15.4 Å². The van der Waals surface area contributed by atoms with Gasteiger partial charge in [-0.3, -0.25) is 0 Å². The number of carbonyl (C=O) groups is 2. The van der Waals surface area contributed by atoms with Gasteiger partial charge in [0.1, 0.15) is 18.0 Å². The van der Waals surface area contributed by atoms with Gasteiger partial charge in [0.2, 0.25) is 11.1 Å². The Labute approximate surface area is 217 Å². The molecule has 1 fully saturated rings. The molecule has 8 nitrogen and oxygen atoms in total. The molecule has 1 aliphatic carbocycles. The van der Waals surface area contributed by atoms with Crippen LogP contribution < -0.4 is 5.32 Å². The van der Waals surface area contributed by atoms with Crippen molar-refractivity contribution in [2.24, 2.45) is 0 Å². The third kappa shape index (κ3) is 5.24. The molecule has 1 aliphatic heterocycles. The molecule has 1 atom stereocenters. The second-order valence-corrected chi connectivity index (χ2v) is 10.1. The molecule has 0 saturated heterocycles. The summed E-state index contributed by atoms with van der Waals surface area (Å²) in [5, 5.41) is 18.0. The summed E-state index contributed by atoms with van der Waals surface area (Å²) in [4.78, 5) is 30.2. The van der Waals surface area contributed by atoms with Crippen LogP contribution in [0.1, 0.15) is 66.6 Å². The minimum Gasteiger partial charge on any atom is -0.478 e. The molecule has 0 bridgehead atoms. The number of ether oxygens (including phenoxy) is 1. The predicted octanol–water partition coefficient (Wildman–Crippen LogP) is 5.57.